The van der Waals surface area contributed by atoms with Gasteiger partial charge in [-0.05, 0) is 29.7 Å². The number of aromatic nitrogens is 1. The number of fused-ring (bicyclic) bond motifs is 1. The largest absolute Gasteiger partial charge is 0.497 e. The Morgan fingerprint density at radius 3 is 2.80 bits per heavy atom. The number of alkyl halides is 3. The van der Waals surface area contributed by atoms with E-state index in [0.29, 0.717) is 17.7 Å². The minimum absolute atomic E-state index is 0.330. The summed E-state index contributed by atoms with van der Waals surface area (Å²) in [5.74, 6) is 1.31. The Morgan fingerprint density at radius 1 is 1.35 bits per heavy atom. The van der Waals surface area contributed by atoms with Crippen LogP contribution in [0.15, 0.2) is 30.5 Å². The molecule has 0 aliphatic carbocycles. The summed E-state index contributed by atoms with van der Waals surface area (Å²) in [7, 11) is 1.59. The lowest BCUT2D eigenvalue weighted by Crippen LogP contribution is -2.31. The summed E-state index contributed by atoms with van der Waals surface area (Å²) in [6, 6.07) is 7.37. The molecule has 0 bridgehead atoms. The molecule has 0 unspecified atom stereocenters. The lowest BCUT2D eigenvalue weighted by molar-refractivity contribution is 0.155. The van der Waals surface area contributed by atoms with E-state index in [1.54, 1.807) is 18.2 Å². The standard InChI is InChI=1S/C14H15BrF2N2O/c1-20-11-2-3-12-10(8-11)4-6-18-14(12)19(7-5-15)9-13(16)17/h2-4,6,8,13H,5,7,9H2,1H3. The molecule has 0 amide bonds. The number of ether oxygens (including phenoxy) is 1. The highest BCUT2D eigenvalue weighted by atomic mass is 79.9. The van der Waals surface area contributed by atoms with E-state index in [0.717, 1.165) is 16.5 Å². The van der Waals surface area contributed by atoms with E-state index in [4.69, 9.17) is 4.74 Å². The molecule has 0 spiro atoms. The zero-order valence-corrected chi connectivity index (χ0v) is 12.6. The second-order valence-electron chi connectivity index (χ2n) is 4.25. The quantitative estimate of drug-likeness (QED) is 0.747. The molecule has 0 aliphatic rings. The fourth-order valence-corrected chi connectivity index (χ4v) is 2.50. The lowest BCUT2D eigenvalue weighted by Gasteiger charge is -2.23. The van der Waals surface area contributed by atoms with Crippen molar-refractivity contribution in [2.75, 3.05) is 30.4 Å². The molecule has 0 saturated carbocycles. The third kappa shape index (κ3) is 3.36. The lowest BCUT2D eigenvalue weighted by atomic mass is 10.1. The van der Waals surface area contributed by atoms with Crippen LogP contribution in [0.3, 0.4) is 0 Å². The SMILES string of the molecule is COc1ccc2c(N(CCBr)CC(F)F)nccc2c1. The maximum atomic E-state index is 12.7. The van der Waals surface area contributed by atoms with Gasteiger partial charge in [0.25, 0.3) is 6.43 Å². The molecule has 0 aliphatic heterocycles. The smallest absolute Gasteiger partial charge is 0.255 e. The second kappa shape index (κ2) is 6.83. The number of hydrogen-bond donors (Lipinski definition) is 0. The Kier molecular flexibility index (Phi) is 5.11. The van der Waals surface area contributed by atoms with Gasteiger partial charge in [0.15, 0.2) is 0 Å². The van der Waals surface area contributed by atoms with Crippen LogP contribution in [0.25, 0.3) is 10.8 Å². The molecule has 0 fully saturated rings. The molecule has 2 rings (SSSR count). The van der Waals surface area contributed by atoms with E-state index < -0.39 is 6.43 Å². The second-order valence-corrected chi connectivity index (χ2v) is 5.04. The van der Waals surface area contributed by atoms with Gasteiger partial charge in [-0.2, -0.15) is 0 Å². The molecule has 1 aromatic heterocycles. The number of nitrogens with zero attached hydrogens (tertiary/aromatic N) is 2. The van der Waals surface area contributed by atoms with Crippen LogP contribution in [0, 0.1) is 0 Å². The van der Waals surface area contributed by atoms with Crippen molar-refractivity contribution in [3.05, 3.63) is 30.5 Å². The van der Waals surface area contributed by atoms with Gasteiger partial charge < -0.3 is 9.64 Å². The van der Waals surface area contributed by atoms with Crippen molar-refractivity contribution in [2.24, 2.45) is 0 Å². The van der Waals surface area contributed by atoms with Gasteiger partial charge in [0.1, 0.15) is 11.6 Å². The molecule has 0 atom stereocenters. The van der Waals surface area contributed by atoms with Crippen molar-refractivity contribution in [1.82, 2.24) is 4.98 Å². The molecule has 1 aromatic carbocycles. The van der Waals surface area contributed by atoms with Gasteiger partial charge in [-0.15, -0.1) is 0 Å². The highest BCUT2D eigenvalue weighted by molar-refractivity contribution is 9.09. The van der Waals surface area contributed by atoms with Crippen LogP contribution < -0.4 is 9.64 Å². The summed E-state index contributed by atoms with van der Waals surface area (Å²) in [5, 5.41) is 2.37. The Hall–Kier alpha value is -1.43. The monoisotopic (exact) mass is 344 g/mol. The molecule has 0 saturated heterocycles. The van der Waals surface area contributed by atoms with E-state index >= 15 is 0 Å². The highest BCUT2D eigenvalue weighted by Gasteiger charge is 2.16. The molecule has 6 heteroatoms. The Balaban J connectivity index is 2.45. The molecular formula is C14H15BrF2N2O. The predicted octanol–water partition coefficient (Wildman–Crippen LogP) is 3.71. The summed E-state index contributed by atoms with van der Waals surface area (Å²) < 4.78 is 30.6. The van der Waals surface area contributed by atoms with E-state index in [9.17, 15) is 8.78 Å². The molecular weight excluding hydrogens is 330 g/mol. The molecule has 0 N–H and O–H groups in total. The van der Waals surface area contributed by atoms with Crippen molar-refractivity contribution in [1.29, 1.82) is 0 Å². The number of pyridine rings is 1. The topological polar surface area (TPSA) is 25.4 Å². The van der Waals surface area contributed by atoms with Gasteiger partial charge in [0.2, 0.25) is 0 Å². The Morgan fingerprint density at radius 2 is 2.15 bits per heavy atom. The third-order valence-corrected chi connectivity index (χ3v) is 3.32. The summed E-state index contributed by atoms with van der Waals surface area (Å²) in [4.78, 5) is 5.86. The summed E-state index contributed by atoms with van der Waals surface area (Å²) in [6.07, 6.45) is -0.770. The Labute approximate surface area is 124 Å². The fourth-order valence-electron chi connectivity index (χ4n) is 2.07. The van der Waals surface area contributed by atoms with Crippen LogP contribution in [-0.4, -0.2) is 36.9 Å². The maximum absolute atomic E-state index is 12.7. The van der Waals surface area contributed by atoms with Crippen molar-refractivity contribution >= 4 is 32.5 Å². The molecule has 20 heavy (non-hydrogen) atoms. The van der Waals surface area contributed by atoms with Gasteiger partial charge in [-0.3, -0.25) is 0 Å². The molecule has 3 nitrogen and oxygen atoms in total. The first kappa shape index (κ1) is 15.0. The van der Waals surface area contributed by atoms with Gasteiger partial charge in [0.05, 0.1) is 13.7 Å². The van der Waals surface area contributed by atoms with Crippen molar-refractivity contribution < 1.29 is 13.5 Å². The van der Waals surface area contributed by atoms with Gasteiger partial charge in [-0.1, -0.05) is 15.9 Å². The van der Waals surface area contributed by atoms with Crippen LogP contribution in [-0.2, 0) is 0 Å². The van der Waals surface area contributed by atoms with E-state index in [2.05, 4.69) is 20.9 Å². The summed E-state index contributed by atoms with van der Waals surface area (Å²) >= 11 is 3.29. The number of halogens is 3. The zero-order chi connectivity index (χ0) is 14.5. The van der Waals surface area contributed by atoms with Crippen molar-refractivity contribution in [2.45, 2.75) is 6.43 Å². The van der Waals surface area contributed by atoms with Crippen LogP contribution in [0.4, 0.5) is 14.6 Å². The van der Waals surface area contributed by atoms with Gasteiger partial charge in [0, 0.05) is 23.5 Å². The average Bonchev–Trinajstić information content (AvgIpc) is 2.45. The highest BCUT2D eigenvalue weighted by Crippen LogP contribution is 2.28. The number of anilines is 1. The number of methoxy groups -OCH3 is 1. The van der Waals surface area contributed by atoms with Gasteiger partial charge >= 0.3 is 0 Å². The third-order valence-electron chi connectivity index (χ3n) is 2.96. The maximum Gasteiger partial charge on any atom is 0.255 e. The number of benzene rings is 1. The average molecular weight is 345 g/mol. The first-order chi connectivity index (χ1) is 9.65. The minimum atomic E-state index is -2.40. The summed E-state index contributed by atoms with van der Waals surface area (Å²) in [6.45, 7) is 0.145. The van der Waals surface area contributed by atoms with Crippen LogP contribution in [0.2, 0.25) is 0 Å². The molecule has 108 valence electrons. The molecule has 1 heterocycles. The van der Waals surface area contributed by atoms with Crippen molar-refractivity contribution in [3.8, 4) is 5.75 Å². The van der Waals surface area contributed by atoms with Crippen LogP contribution in [0.5, 0.6) is 5.75 Å². The van der Waals surface area contributed by atoms with E-state index in [1.165, 1.54) is 0 Å². The van der Waals surface area contributed by atoms with Crippen LogP contribution in [0.1, 0.15) is 0 Å². The Bertz CT molecular complexity index is 580. The van der Waals surface area contributed by atoms with E-state index in [-0.39, 0.29) is 6.54 Å². The molecule has 2 aromatic rings. The van der Waals surface area contributed by atoms with Crippen LogP contribution >= 0.6 is 15.9 Å². The molecule has 0 radical (unpaired) electrons. The fraction of sp³-hybridized carbons (Fsp3) is 0.357. The first-order valence-electron chi connectivity index (χ1n) is 6.17. The predicted molar refractivity (Wildman–Crippen MR) is 80.3 cm³/mol. The number of rotatable bonds is 6. The van der Waals surface area contributed by atoms with E-state index in [1.807, 2.05) is 24.3 Å². The van der Waals surface area contributed by atoms with Crippen molar-refractivity contribution in [3.63, 3.8) is 0 Å². The first-order valence-corrected chi connectivity index (χ1v) is 7.29. The number of hydrogen-bond acceptors (Lipinski definition) is 3. The van der Waals surface area contributed by atoms with Gasteiger partial charge in [-0.25, -0.2) is 13.8 Å². The summed E-state index contributed by atoms with van der Waals surface area (Å²) in [5.41, 5.74) is 0. The zero-order valence-electron chi connectivity index (χ0n) is 11.0. The minimum Gasteiger partial charge on any atom is -0.497 e. The normalized spacial score (nSPS) is 11.1.